The first-order valence-corrected chi connectivity index (χ1v) is 48.8. The maximum absolute atomic E-state index is 13.2. The molecule has 19 heteroatoms. The Balaban J connectivity index is 5.19. The van der Waals surface area contributed by atoms with Gasteiger partial charge in [-0.1, -0.05) is 432 Å². The first-order chi connectivity index (χ1) is 52.2. The highest BCUT2D eigenvalue weighted by atomic mass is 31.2. The van der Waals surface area contributed by atoms with Gasteiger partial charge in [0.2, 0.25) is 0 Å². The minimum atomic E-state index is -4.97. The number of hydrogen-bond donors (Lipinski definition) is 3. The number of phosphoric ester groups is 2. The minimum absolute atomic E-state index is 0.109. The molecule has 0 fully saturated rings. The molecule has 17 nitrogen and oxygen atoms in total. The summed E-state index contributed by atoms with van der Waals surface area (Å²) in [5, 5.41) is 10.7. The lowest BCUT2D eigenvalue weighted by molar-refractivity contribution is -0.161. The van der Waals surface area contributed by atoms with E-state index in [2.05, 4.69) is 27.7 Å². The standard InChI is InChI=1S/C88H172O17P2/c1-5-9-13-17-21-25-28-31-34-37-40-43-46-49-52-55-59-63-67-71-75-88(93)105-84(79-99-86(91)73-69-65-61-57-53-50-47-44-41-38-35-32-29-26-22-18-14-10-6-2)81-103-107(96,97)101-77-82(89)76-100-106(94,95)102-80-83(78-98-85(90)72-68-64-60-56-24-20-16-12-8-4)104-87(92)74-70-66-62-58-54-51-48-45-42-39-36-33-30-27-23-19-15-11-7-3/h82-84,89H,5-81H2,1-4H3,(H,94,95)(H,96,97)/t82-,83+,84+/m0/s1. The summed E-state index contributed by atoms with van der Waals surface area (Å²) in [6, 6.07) is 0. The van der Waals surface area contributed by atoms with Gasteiger partial charge in [-0.25, -0.2) is 9.13 Å². The summed E-state index contributed by atoms with van der Waals surface area (Å²) in [7, 11) is -9.93. The van der Waals surface area contributed by atoms with E-state index in [4.69, 9.17) is 37.0 Å². The second-order valence-electron chi connectivity index (χ2n) is 31.6. The highest BCUT2D eigenvalue weighted by Gasteiger charge is 2.30. The Labute approximate surface area is 658 Å². The average molecular weight is 1560 g/mol. The summed E-state index contributed by atoms with van der Waals surface area (Å²) in [6.45, 7) is 5.06. The lowest BCUT2D eigenvalue weighted by atomic mass is 10.0. The highest BCUT2D eigenvalue weighted by Crippen LogP contribution is 2.45. The molecule has 5 atom stereocenters. The first-order valence-electron chi connectivity index (χ1n) is 45.8. The second kappa shape index (κ2) is 82.1. The van der Waals surface area contributed by atoms with Gasteiger partial charge in [0.25, 0.3) is 0 Å². The maximum atomic E-state index is 13.2. The van der Waals surface area contributed by atoms with Gasteiger partial charge in [-0.05, 0) is 25.7 Å². The highest BCUT2D eigenvalue weighted by molar-refractivity contribution is 7.47. The topological polar surface area (TPSA) is 237 Å². The molecule has 0 radical (unpaired) electrons. The van der Waals surface area contributed by atoms with Crippen LogP contribution >= 0.6 is 15.6 Å². The number of aliphatic hydroxyl groups excluding tert-OH is 1. The zero-order valence-electron chi connectivity index (χ0n) is 70.1. The van der Waals surface area contributed by atoms with Gasteiger partial charge < -0.3 is 33.8 Å². The summed E-state index contributed by atoms with van der Waals surface area (Å²) in [5.74, 6) is -2.10. The van der Waals surface area contributed by atoms with E-state index in [1.807, 2.05) is 0 Å². The average Bonchev–Trinajstić information content (AvgIpc) is 0.910. The molecule has 0 rings (SSSR count). The molecule has 2 unspecified atom stereocenters. The molecule has 0 aliphatic heterocycles. The fraction of sp³-hybridized carbons (Fsp3) is 0.955. The molecule has 0 aliphatic carbocycles. The van der Waals surface area contributed by atoms with Crippen LogP contribution in [0.5, 0.6) is 0 Å². The molecule has 636 valence electrons. The largest absolute Gasteiger partial charge is 0.472 e. The van der Waals surface area contributed by atoms with E-state index in [-0.39, 0.29) is 25.7 Å². The lowest BCUT2D eigenvalue weighted by Crippen LogP contribution is -2.30. The number of hydrogen-bond acceptors (Lipinski definition) is 15. The Morgan fingerprint density at radius 2 is 0.374 bits per heavy atom. The van der Waals surface area contributed by atoms with E-state index in [0.717, 1.165) is 89.9 Å². The number of esters is 4. The Morgan fingerprint density at radius 3 is 0.551 bits per heavy atom. The van der Waals surface area contributed by atoms with Gasteiger partial charge in [0.15, 0.2) is 12.2 Å². The smallest absolute Gasteiger partial charge is 0.462 e. The minimum Gasteiger partial charge on any atom is -0.462 e. The van der Waals surface area contributed by atoms with E-state index in [0.29, 0.717) is 25.7 Å². The molecule has 0 amide bonds. The Hall–Kier alpha value is -1.94. The van der Waals surface area contributed by atoms with Crippen LogP contribution in [0.25, 0.3) is 0 Å². The molecule has 0 spiro atoms. The third-order valence-electron chi connectivity index (χ3n) is 20.9. The fourth-order valence-corrected chi connectivity index (χ4v) is 15.5. The third kappa shape index (κ3) is 81.9. The summed E-state index contributed by atoms with van der Waals surface area (Å²) in [5.41, 5.74) is 0. The summed E-state index contributed by atoms with van der Waals surface area (Å²) in [4.78, 5) is 73.2. The first kappa shape index (κ1) is 105. The molecular formula is C88H172O17P2. The SMILES string of the molecule is CCCCCCCCCCCCCCCCCCCCCCC(=O)O[C@H](COC(=O)CCCCCCCCCCCCCCCCCCCCC)COP(=O)(O)OC[C@@H](O)COP(=O)(O)OC[C@@H](COC(=O)CCCCCCCCCCC)OC(=O)CCCCCCCCCCCCCCCCCCCCC. The van der Waals surface area contributed by atoms with Crippen molar-refractivity contribution in [2.24, 2.45) is 0 Å². The van der Waals surface area contributed by atoms with Crippen LogP contribution in [0.15, 0.2) is 0 Å². The van der Waals surface area contributed by atoms with Crippen LogP contribution in [0.2, 0.25) is 0 Å². The molecule has 107 heavy (non-hydrogen) atoms. The van der Waals surface area contributed by atoms with Crippen LogP contribution in [0.4, 0.5) is 0 Å². The molecule has 0 aromatic rings. The van der Waals surface area contributed by atoms with Crippen molar-refractivity contribution in [3.05, 3.63) is 0 Å². The van der Waals surface area contributed by atoms with Gasteiger partial charge in [0.05, 0.1) is 26.4 Å². The van der Waals surface area contributed by atoms with Crippen molar-refractivity contribution in [3.63, 3.8) is 0 Å². The third-order valence-corrected chi connectivity index (χ3v) is 22.8. The number of unbranched alkanes of at least 4 members (excludes halogenated alkanes) is 63. The zero-order chi connectivity index (χ0) is 78.1. The van der Waals surface area contributed by atoms with E-state index in [9.17, 15) is 43.2 Å². The monoisotopic (exact) mass is 1560 g/mol. The van der Waals surface area contributed by atoms with Gasteiger partial charge in [-0.2, -0.15) is 0 Å². The molecular weight excluding hydrogens is 1390 g/mol. The predicted octanol–water partition coefficient (Wildman–Crippen LogP) is 27.3. The fourth-order valence-electron chi connectivity index (χ4n) is 13.9. The van der Waals surface area contributed by atoms with Crippen LogP contribution in [0.1, 0.15) is 484 Å². The Kier molecular flexibility index (Phi) is 80.6. The van der Waals surface area contributed by atoms with Crippen LogP contribution < -0.4 is 0 Å². The number of aliphatic hydroxyl groups is 1. The lowest BCUT2D eigenvalue weighted by Gasteiger charge is -2.21. The van der Waals surface area contributed by atoms with Gasteiger partial charge in [-0.3, -0.25) is 37.3 Å². The number of phosphoric acid groups is 2. The van der Waals surface area contributed by atoms with Gasteiger partial charge in [0, 0.05) is 25.7 Å². The predicted molar refractivity (Wildman–Crippen MR) is 442 cm³/mol. The van der Waals surface area contributed by atoms with Crippen molar-refractivity contribution in [2.75, 3.05) is 39.6 Å². The van der Waals surface area contributed by atoms with Crippen molar-refractivity contribution in [1.29, 1.82) is 0 Å². The molecule has 0 saturated carbocycles. The quantitative estimate of drug-likeness (QED) is 0.0222. The molecule has 0 aliphatic rings. The molecule has 0 aromatic heterocycles. The number of ether oxygens (including phenoxy) is 4. The van der Waals surface area contributed by atoms with Crippen molar-refractivity contribution in [1.82, 2.24) is 0 Å². The Morgan fingerprint density at radius 1 is 0.224 bits per heavy atom. The van der Waals surface area contributed by atoms with Crippen LogP contribution in [-0.2, 0) is 65.4 Å². The van der Waals surface area contributed by atoms with Crippen molar-refractivity contribution < 1.29 is 80.2 Å². The van der Waals surface area contributed by atoms with Crippen molar-refractivity contribution in [3.8, 4) is 0 Å². The molecule has 0 bridgehead atoms. The maximum Gasteiger partial charge on any atom is 0.472 e. The molecule has 3 N–H and O–H groups in total. The normalized spacial score (nSPS) is 13.7. The van der Waals surface area contributed by atoms with Crippen molar-refractivity contribution >= 4 is 39.5 Å². The zero-order valence-corrected chi connectivity index (χ0v) is 71.9. The number of rotatable bonds is 89. The van der Waals surface area contributed by atoms with Crippen LogP contribution in [0, 0.1) is 0 Å². The number of carbonyl (C=O) groups excluding carboxylic acids is 4. The van der Waals surface area contributed by atoms with Crippen LogP contribution in [-0.4, -0.2) is 96.7 Å². The van der Waals surface area contributed by atoms with E-state index < -0.39 is 97.5 Å². The van der Waals surface area contributed by atoms with Gasteiger partial charge in [-0.15, -0.1) is 0 Å². The number of carbonyl (C=O) groups is 4. The van der Waals surface area contributed by atoms with Gasteiger partial charge in [0.1, 0.15) is 19.3 Å². The molecule has 0 aromatic carbocycles. The van der Waals surface area contributed by atoms with E-state index in [1.165, 1.54) is 315 Å². The van der Waals surface area contributed by atoms with Crippen LogP contribution in [0.3, 0.4) is 0 Å². The van der Waals surface area contributed by atoms with E-state index in [1.54, 1.807) is 0 Å². The summed E-state index contributed by atoms with van der Waals surface area (Å²) in [6.07, 6.45) is 77.9. The summed E-state index contributed by atoms with van der Waals surface area (Å²) < 4.78 is 68.9. The summed E-state index contributed by atoms with van der Waals surface area (Å²) >= 11 is 0. The van der Waals surface area contributed by atoms with E-state index >= 15 is 0 Å². The van der Waals surface area contributed by atoms with Gasteiger partial charge >= 0.3 is 39.5 Å². The Bertz CT molecular complexity index is 2020. The van der Waals surface area contributed by atoms with Crippen molar-refractivity contribution in [2.45, 2.75) is 502 Å². The molecule has 0 heterocycles. The second-order valence-corrected chi connectivity index (χ2v) is 34.5. The molecule has 0 saturated heterocycles.